The van der Waals surface area contributed by atoms with Crippen molar-refractivity contribution < 1.29 is 3.07 Å². The van der Waals surface area contributed by atoms with Gasteiger partial charge in [0.2, 0.25) is 0 Å². The Balaban J connectivity index is 5.76. The van der Waals surface area contributed by atoms with Crippen LogP contribution in [-0.4, -0.2) is 10.9 Å². The Morgan fingerprint density at radius 2 is 1.33 bits per heavy atom. The van der Waals surface area contributed by atoms with E-state index in [1.165, 1.54) is 12.8 Å². The van der Waals surface area contributed by atoms with Gasteiger partial charge in [-0.3, -0.25) is 0 Å². The van der Waals surface area contributed by atoms with Crippen LogP contribution in [0.3, 0.4) is 0 Å². The lowest BCUT2D eigenvalue weighted by Gasteiger charge is -2.56. The van der Waals surface area contributed by atoms with Crippen molar-refractivity contribution in [1.29, 1.82) is 0 Å². The summed E-state index contributed by atoms with van der Waals surface area (Å²) in [6, 6.07) is 0. The molecule has 0 aromatic rings. The quantitative estimate of drug-likeness (QED) is 0.266. The number of rotatable bonds is 9. The van der Waals surface area contributed by atoms with E-state index in [-0.39, 0.29) is 27.1 Å². The smallest absolute Gasteiger partial charge is 0.110 e. The number of thiol groups is 1. The van der Waals surface area contributed by atoms with Crippen molar-refractivity contribution in [3.63, 3.8) is 0 Å². The van der Waals surface area contributed by atoms with Gasteiger partial charge in [-0.05, 0) is 34.0 Å². The molecule has 0 bridgehead atoms. The van der Waals surface area contributed by atoms with Crippen LogP contribution in [0.1, 0.15) is 95.9 Å². The molecule has 0 N–H and O–H groups in total. The maximum absolute atomic E-state index is 6.13. The van der Waals surface area contributed by atoms with Crippen LogP contribution in [0, 0.1) is 27.6 Å². The summed E-state index contributed by atoms with van der Waals surface area (Å²) in [5.74, 6) is 0.449. The molecule has 0 amide bonds. The highest BCUT2D eigenvalue weighted by atomic mass is 127. The van der Waals surface area contributed by atoms with Crippen molar-refractivity contribution in [2.75, 3.05) is 0 Å². The molecule has 2 unspecified atom stereocenters. The van der Waals surface area contributed by atoms with Crippen molar-refractivity contribution >= 4 is 35.6 Å². The van der Waals surface area contributed by atoms with E-state index >= 15 is 0 Å². The van der Waals surface area contributed by atoms with Gasteiger partial charge in [0, 0.05) is 4.75 Å². The molecule has 0 spiro atoms. The van der Waals surface area contributed by atoms with Crippen molar-refractivity contribution in [3.8, 4) is 0 Å². The van der Waals surface area contributed by atoms with Gasteiger partial charge in [0.15, 0.2) is 0 Å². The highest BCUT2D eigenvalue weighted by Crippen LogP contribution is 2.56. The second-order valence-electron chi connectivity index (χ2n) is 10.9. The van der Waals surface area contributed by atoms with Crippen molar-refractivity contribution in [3.05, 3.63) is 0 Å². The van der Waals surface area contributed by atoms with Gasteiger partial charge in [0.1, 0.15) is 23.0 Å². The van der Waals surface area contributed by atoms with E-state index in [1.807, 2.05) is 0 Å². The van der Waals surface area contributed by atoms with Crippen molar-refractivity contribution in [1.82, 2.24) is 0 Å². The lowest BCUT2D eigenvalue weighted by atomic mass is 9.54. The average Bonchev–Trinajstić information content (AvgIpc) is 2.36. The van der Waals surface area contributed by atoms with Crippen LogP contribution in [0.5, 0.6) is 0 Å². The lowest BCUT2D eigenvalue weighted by molar-refractivity contribution is -0.0747. The van der Waals surface area contributed by atoms with Gasteiger partial charge in [-0.25, -0.2) is 0 Å². The first-order valence-corrected chi connectivity index (χ1v) is 10.7. The molecule has 0 saturated heterocycles. The molecular formula is C21H43IOS. The second-order valence-corrected chi connectivity index (χ2v) is 12.5. The summed E-state index contributed by atoms with van der Waals surface area (Å²) >= 11 is 7.05. The fraction of sp³-hybridized carbons (Fsp3) is 1.00. The fourth-order valence-electron chi connectivity index (χ4n) is 3.89. The van der Waals surface area contributed by atoms with Crippen LogP contribution in [-0.2, 0) is 3.07 Å². The molecule has 0 rings (SSSR count). The molecule has 1 nitrogen and oxygen atoms in total. The number of hydrogen-bond donors (Lipinski definition) is 1. The van der Waals surface area contributed by atoms with Crippen molar-refractivity contribution in [2.45, 2.75) is 107 Å². The molecule has 0 aromatic carbocycles. The van der Waals surface area contributed by atoms with Gasteiger partial charge >= 0.3 is 0 Å². The highest BCUT2D eigenvalue weighted by Gasteiger charge is 2.54. The Hall–Kier alpha value is 1.04. The molecule has 0 aliphatic rings. The first-order valence-electron chi connectivity index (χ1n) is 9.37. The van der Waals surface area contributed by atoms with Crippen LogP contribution in [0.4, 0.5) is 0 Å². The molecule has 0 heterocycles. The maximum atomic E-state index is 6.13. The molecule has 0 radical (unpaired) electrons. The summed E-state index contributed by atoms with van der Waals surface area (Å²) in [5, 5.41) is 0. The minimum Gasteiger partial charge on any atom is -0.312 e. The zero-order valence-corrected chi connectivity index (χ0v) is 21.4. The van der Waals surface area contributed by atoms with Crippen LogP contribution >= 0.6 is 35.6 Å². The predicted molar refractivity (Wildman–Crippen MR) is 121 cm³/mol. The Labute approximate surface area is 172 Å². The summed E-state index contributed by atoms with van der Waals surface area (Å²) in [6.07, 6.45) is 2.58. The molecule has 24 heavy (non-hydrogen) atoms. The molecule has 0 aliphatic carbocycles. The van der Waals surface area contributed by atoms with Crippen LogP contribution in [0.15, 0.2) is 0 Å². The zero-order valence-electron chi connectivity index (χ0n) is 18.3. The number of hydrogen-bond acceptors (Lipinski definition) is 2. The van der Waals surface area contributed by atoms with E-state index < -0.39 is 0 Å². The molecular weight excluding hydrogens is 427 g/mol. The molecule has 0 fully saturated rings. The van der Waals surface area contributed by atoms with E-state index in [1.54, 1.807) is 0 Å². The zero-order chi connectivity index (χ0) is 19.8. The second kappa shape index (κ2) is 7.96. The van der Waals surface area contributed by atoms with Crippen LogP contribution < -0.4 is 0 Å². The van der Waals surface area contributed by atoms with Crippen molar-refractivity contribution in [2.24, 2.45) is 27.6 Å². The highest BCUT2D eigenvalue weighted by molar-refractivity contribution is 14.1. The summed E-state index contributed by atoms with van der Waals surface area (Å²) in [4.78, 5) is 0. The Morgan fingerprint density at radius 1 is 0.917 bits per heavy atom. The largest absolute Gasteiger partial charge is 0.312 e. The van der Waals surface area contributed by atoms with E-state index in [9.17, 15) is 0 Å². The predicted octanol–water partition coefficient (Wildman–Crippen LogP) is 7.97. The summed E-state index contributed by atoms with van der Waals surface area (Å²) in [6.45, 7) is 28.1. The van der Waals surface area contributed by atoms with Gasteiger partial charge in [-0.15, -0.1) is 0 Å². The fourth-order valence-corrected chi connectivity index (χ4v) is 5.25. The summed E-state index contributed by atoms with van der Waals surface area (Å²) < 4.78 is 6.04. The third-order valence-corrected chi connectivity index (χ3v) is 8.63. The molecule has 0 aliphatic heterocycles. The average molecular weight is 471 g/mol. The molecule has 0 aromatic heterocycles. The summed E-state index contributed by atoms with van der Waals surface area (Å²) in [7, 11) is 0. The molecule has 2 atom stereocenters. The van der Waals surface area contributed by atoms with E-state index in [0.717, 1.165) is 0 Å². The van der Waals surface area contributed by atoms with Gasteiger partial charge in [0.05, 0.1) is 6.10 Å². The maximum Gasteiger partial charge on any atom is 0.110 e. The monoisotopic (exact) mass is 470 g/mol. The van der Waals surface area contributed by atoms with E-state index in [4.69, 9.17) is 15.7 Å². The van der Waals surface area contributed by atoms with Gasteiger partial charge in [-0.1, -0.05) is 89.5 Å². The minimum absolute atomic E-state index is 0.00746. The summed E-state index contributed by atoms with van der Waals surface area (Å²) in [5.41, 5.74) is 0.579. The first-order chi connectivity index (χ1) is 10.4. The van der Waals surface area contributed by atoms with Crippen LogP contribution in [0.2, 0.25) is 0 Å². The molecule has 0 saturated carbocycles. The minimum atomic E-state index is -0.0868. The van der Waals surface area contributed by atoms with Gasteiger partial charge in [-0.2, -0.15) is 12.6 Å². The Kier molecular flexibility index (Phi) is 8.30. The number of halogens is 1. The van der Waals surface area contributed by atoms with Gasteiger partial charge in [0.25, 0.3) is 0 Å². The molecule has 146 valence electrons. The lowest BCUT2D eigenvalue weighted by Crippen LogP contribution is -2.55. The van der Waals surface area contributed by atoms with Crippen LogP contribution in [0.25, 0.3) is 0 Å². The molecule has 3 heteroatoms. The first kappa shape index (κ1) is 25.0. The third kappa shape index (κ3) is 5.28. The SMILES string of the molecule is CCC(C)(C)CC(C)(C)C(C)C(OI)C(C)(C)C(C)(C)C(C)(C)S. The van der Waals surface area contributed by atoms with E-state index in [2.05, 4.69) is 106 Å². The normalized spacial score (nSPS) is 17.8. The topological polar surface area (TPSA) is 9.23 Å². The third-order valence-electron chi connectivity index (χ3n) is 7.53. The standard InChI is InChI=1S/C21H43IOS/c1-13-17(3,4)14-18(5,6)15(2)16(23-22)19(7,8)20(9,10)21(11,12)24/h15-16,24H,13-14H2,1-12H3. The van der Waals surface area contributed by atoms with E-state index in [0.29, 0.717) is 11.3 Å². The Morgan fingerprint density at radius 3 is 1.62 bits per heavy atom. The Bertz CT molecular complexity index is 405. The van der Waals surface area contributed by atoms with Gasteiger partial charge < -0.3 is 3.07 Å².